The Labute approximate surface area is 108 Å². The molecule has 0 saturated carbocycles. The average molecular weight is 256 g/mol. The maximum Gasteiger partial charge on any atom is 0.324 e. The molecule has 0 bridgehead atoms. The van der Waals surface area contributed by atoms with Crippen LogP contribution >= 0.6 is 0 Å². The van der Waals surface area contributed by atoms with Gasteiger partial charge in [-0.15, -0.1) is 0 Å². The molecule has 2 atom stereocenters. The van der Waals surface area contributed by atoms with Crippen LogP contribution < -0.4 is 5.32 Å². The predicted molar refractivity (Wildman–Crippen MR) is 68.7 cm³/mol. The second-order valence-corrected chi connectivity index (χ2v) is 5.59. The number of carboxylic acid groups (broad SMARTS) is 1. The van der Waals surface area contributed by atoms with E-state index in [9.17, 15) is 9.90 Å². The Kier molecular flexibility index (Phi) is 4.25. The number of carbonyl (C=O) groups is 1. The summed E-state index contributed by atoms with van der Waals surface area (Å²) >= 11 is 0. The van der Waals surface area contributed by atoms with Crippen molar-refractivity contribution in [3.8, 4) is 0 Å². The first-order valence-corrected chi connectivity index (χ1v) is 6.89. The molecule has 2 rings (SSSR count). The van der Waals surface area contributed by atoms with Crippen molar-refractivity contribution in [1.29, 1.82) is 0 Å². The molecule has 2 heterocycles. The zero-order valence-corrected chi connectivity index (χ0v) is 11.3. The van der Waals surface area contributed by atoms with Gasteiger partial charge in [0.1, 0.15) is 5.54 Å². The molecule has 2 aliphatic heterocycles. The van der Waals surface area contributed by atoms with Crippen LogP contribution in [0.2, 0.25) is 0 Å². The number of nitrogens with one attached hydrogen (secondary N) is 1. The normalized spacial score (nSPS) is 39.2. The van der Waals surface area contributed by atoms with Crippen LogP contribution in [0.5, 0.6) is 0 Å². The van der Waals surface area contributed by atoms with Crippen LogP contribution in [0.1, 0.15) is 33.1 Å². The molecule has 104 valence electrons. The maximum absolute atomic E-state index is 11.9. The molecule has 0 spiro atoms. The number of aliphatic carboxylic acids is 1. The van der Waals surface area contributed by atoms with Crippen molar-refractivity contribution in [3.05, 3.63) is 0 Å². The number of nitrogens with zero attached hydrogens (tertiary/aromatic N) is 1. The van der Waals surface area contributed by atoms with Crippen LogP contribution in [0.25, 0.3) is 0 Å². The topological polar surface area (TPSA) is 61.8 Å². The lowest BCUT2D eigenvalue weighted by atomic mass is 9.82. The Hall–Kier alpha value is -0.650. The number of carboxylic acids is 1. The van der Waals surface area contributed by atoms with Gasteiger partial charge in [-0.1, -0.05) is 0 Å². The molecule has 18 heavy (non-hydrogen) atoms. The van der Waals surface area contributed by atoms with Gasteiger partial charge in [-0.2, -0.15) is 0 Å². The third-order valence-corrected chi connectivity index (χ3v) is 4.06. The molecule has 0 aliphatic carbocycles. The first-order chi connectivity index (χ1) is 8.54. The fourth-order valence-corrected chi connectivity index (χ4v) is 3.37. The van der Waals surface area contributed by atoms with Gasteiger partial charge in [0.05, 0.1) is 12.2 Å². The summed E-state index contributed by atoms with van der Waals surface area (Å²) < 4.78 is 5.71. The van der Waals surface area contributed by atoms with Gasteiger partial charge in [-0.25, -0.2) is 0 Å². The van der Waals surface area contributed by atoms with Gasteiger partial charge in [-0.3, -0.25) is 9.69 Å². The van der Waals surface area contributed by atoms with Gasteiger partial charge < -0.3 is 15.2 Å². The molecule has 0 aromatic rings. The number of ether oxygens (including phenoxy) is 1. The van der Waals surface area contributed by atoms with E-state index in [1.54, 1.807) is 0 Å². The Morgan fingerprint density at radius 1 is 1.28 bits per heavy atom. The van der Waals surface area contributed by atoms with Crippen molar-refractivity contribution >= 4 is 5.97 Å². The standard InChI is InChI=1S/C13H24N2O3/c1-10-8-13(12(16)17,9-11(2)18-10)15-6-3-4-14-5-7-15/h10-11,14H,3-9H2,1-2H3,(H,16,17). The largest absolute Gasteiger partial charge is 0.480 e. The predicted octanol–water partition coefficient (Wildman–Crippen LogP) is 0.693. The molecule has 5 heteroatoms. The van der Waals surface area contributed by atoms with E-state index in [0.29, 0.717) is 12.8 Å². The Balaban J connectivity index is 2.21. The minimum atomic E-state index is -0.733. The van der Waals surface area contributed by atoms with Crippen molar-refractivity contribution in [2.75, 3.05) is 26.2 Å². The average Bonchev–Trinajstić information content (AvgIpc) is 2.55. The summed E-state index contributed by atoms with van der Waals surface area (Å²) in [6, 6.07) is 0. The number of hydrogen-bond donors (Lipinski definition) is 2. The SMILES string of the molecule is CC1CC(C(=O)O)(N2CCCNCC2)CC(C)O1. The molecule has 0 amide bonds. The van der Waals surface area contributed by atoms with E-state index in [1.807, 2.05) is 13.8 Å². The lowest BCUT2D eigenvalue weighted by Gasteiger charge is -2.46. The van der Waals surface area contributed by atoms with Gasteiger partial charge in [-0.05, 0) is 26.8 Å². The first kappa shape index (κ1) is 13.8. The summed E-state index contributed by atoms with van der Waals surface area (Å²) in [7, 11) is 0. The van der Waals surface area contributed by atoms with Crippen LogP contribution in [-0.4, -0.2) is 59.9 Å². The molecule has 2 aliphatic rings. The zero-order chi connectivity index (χ0) is 13.2. The van der Waals surface area contributed by atoms with E-state index >= 15 is 0 Å². The van der Waals surface area contributed by atoms with Crippen molar-refractivity contribution in [2.45, 2.75) is 50.9 Å². The number of hydrogen-bond acceptors (Lipinski definition) is 4. The lowest BCUT2D eigenvalue weighted by Crippen LogP contribution is -2.61. The Bertz CT molecular complexity index is 291. The Morgan fingerprint density at radius 2 is 1.94 bits per heavy atom. The van der Waals surface area contributed by atoms with Crippen molar-refractivity contribution in [2.24, 2.45) is 0 Å². The first-order valence-electron chi connectivity index (χ1n) is 6.89. The second kappa shape index (κ2) is 5.55. The maximum atomic E-state index is 11.9. The Morgan fingerprint density at radius 3 is 2.56 bits per heavy atom. The third-order valence-electron chi connectivity index (χ3n) is 4.06. The zero-order valence-electron chi connectivity index (χ0n) is 11.3. The van der Waals surface area contributed by atoms with Crippen LogP contribution in [-0.2, 0) is 9.53 Å². The fraction of sp³-hybridized carbons (Fsp3) is 0.923. The van der Waals surface area contributed by atoms with E-state index in [0.717, 1.165) is 32.6 Å². The summed E-state index contributed by atoms with van der Waals surface area (Å²) in [5.41, 5.74) is -0.733. The van der Waals surface area contributed by atoms with E-state index in [4.69, 9.17) is 4.74 Å². The molecule has 2 N–H and O–H groups in total. The molecule has 2 saturated heterocycles. The van der Waals surface area contributed by atoms with Crippen molar-refractivity contribution in [1.82, 2.24) is 10.2 Å². The van der Waals surface area contributed by atoms with E-state index in [-0.39, 0.29) is 12.2 Å². The summed E-state index contributed by atoms with van der Waals surface area (Å²) in [6.07, 6.45) is 2.22. The molecule has 0 radical (unpaired) electrons. The monoisotopic (exact) mass is 256 g/mol. The highest BCUT2D eigenvalue weighted by atomic mass is 16.5. The van der Waals surface area contributed by atoms with Gasteiger partial charge in [0.2, 0.25) is 0 Å². The lowest BCUT2D eigenvalue weighted by molar-refractivity contribution is -0.169. The van der Waals surface area contributed by atoms with Gasteiger partial charge in [0, 0.05) is 32.5 Å². The van der Waals surface area contributed by atoms with E-state index in [2.05, 4.69) is 10.2 Å². The minimum absolute atomic E-state index is 0.0149. The van der Waals surface area contributed by atoms with Gasteiger partial charge >= 0.3 is 5.97 Å². The van der Waals surface area contributed by atoms with Crippen molar-refractivity contribution < 1.29 is 14.6 Å². The molecule has 2 fully saturated rings. The third kappa shape index (κ3) is 2.68. The van der Waals surface area contributed by atoms with Crippen LogP contribution in [0.15, 0.2) is 0 Å². The second-order valence-electron chi connectivity index (χ2n) is 5.59. The highest BCUT2D eigenvalue weighted by molar-refractivity contribution is 5.79. The fourth-order valence-electron chi connectivity index (χ4n) is 3.37. The summed E-state index contributed by atoms with van der Waals surface area (Å²) in [6.45, 7) is 7.48. The highest BCUT2D eigenvalue weighted by Crippen LogP contribution is 2.34. The van der Waals surface area contributed by atoms with Crippen LogP contribution in [0, 0.1) is 0 Å². The molecule has 2 unspecified atom stereocenters. The molecular weight excluding hydrogens is 232 g/mol. The molecule has 0 aromatic heterocycles. The van der Waals surface area contributed by atoms with Gasteiger partial charge in [0.15, 0.2) is 0 Å². The molecular formula is C13H24N2O3. The smallest absolute Gasteiger partial charge is 0.324 e. The quantitative estimate of drug-likeness (QED) is 0.761. The van der Waals surface area contributed by atoms with Crippen LogP contribution in [0.4, 0.5) is 0 Å². The summed E-state index contributed by atoms with van der Waals surface area (Å²) in [5.74, 6) is -0.689. The summed E-state index contributed by atoms with van der Waals surface area (Å²) in [4.78, 5) is 14.0. The van der Waals surface area contributed by atoms with Crippen molar-refractivity contribution in [3.63, 3.8) is 0 Å². The van der Waals surface area contributed by atoms with E-state index < -0.39 is 11.5 Å². The molecule has 0 aromatic carbocycles. The summed E-state index contributed by atoms with van der Waals surface area (Å²) in [5, 5.41) is 13.1. The van der Waals surface area contributed by atoms with E-state index in [1.165, 1.54) is 0 Å². The highest BCUT2D eigenvalue weighted by Gasteiger charge is 2.49. The molecule has 5 nitrogen and oxygen atoms in total. The minimum Gasteiger partial charge on any atom is -0.480 e. The van der Waals surface area contributed by atoms with Crippen LogP contribution in [0.3, 0.4) is 0 Å². The number of rotatable bonds is 2. The van der Waals surface area contributed by atoms with Gasteiger partial charge in [0.25, 0.3) is 0 Å².